The molecule has 1 unspecified atom stereocenters. The summed E-state index contributed by atoms with van der Waals surface area (Å²) in [5.74, 6) is -0.911. The molecule has 0 amide bonds. The molecule has 1 atom stereocenters. The van der Waals surface area contributed by atoms with Crippen molar-refractivity contribution in [2.45, 2.75) is 26.1 Å². The average Bonchev–Trinajstić information content (AvgIpc) is 2.29. The molecule has 0 aliphatic heterocycles. The quantitative estimate of drug-likeness (QED) is 0.861. The molecule has 1 rings (SSSR count). The van der Waals surface area contributed by atoms with Crippen molar-refractivity contribution in [3.8, 4) is 11.5 Å². The number of rotatable bonds is 5. The fraction of sp³-hybridized carbons (Fsp3) is 0.417. The number of carboxylic acid groups (broad SMARTS) is 1. The highest BCUT2D eigenvalue weighted by Gasteiger charge is 2.24. The maximum absolute atomic E-state index is 10.9. The fourth-order valence-corrected chi connectivity index (χ4v) is 1.66. The van der Waals surface area contributed by atoms with Crippen molar-refractivity contribution in [2.24, 2.45) is 0 Å². The molecule has 0 radical (unpaired) electrons. The summed E-state index contributed by atoms with van der Waals surface area (Å²) in [6.07, 6.45) is -1.91. The van der Waals surface area contributed by atoms with Gasteiger partial charge < -0.3 is 19.7 Å². The van der Waals surface area contributed by atoms with Crippen molar-refractivity contribution in [1.82, 2.24) is 0 Å². The molecular weight excluding hydrogens is 260 g/mol. The SMILES string of the molecule is COc1cc(Cl)cc(C(O)C(=O)O)c1OC(C)C. The van der Waals surface area contributed by atoms with E-state index >= 15 is 0 Å². The number of hydrogen-bond donors (Lipinski definition) is 2. The molecular formula is C12H15ClO5. The Bertz CT molecular complexity index is 444. The third kappa shape index (κ3) is 3.27. The van der Waals surface area contributed by atoms with E-state index in [1.54, 1.807) is 13.8 Å². The van der Waals surface area contributed by atoms with E-state index < -0.39 is 12.1 Å². The zero-order valence-corrected chi connectivity index (χ0v) is 11.1. The van der Waals surface area contributed by atoms with Crippen molar-refractivity contribution in [2.75, 3.05) is 7.11 Å². The molecule has 0 aromatic heterocycles. The van der Waals surface area contributed by atoms with Gasteiger partial charge in [-0.3, -0.25) is 0 Å². The molecule has 5 nitrogen and oxygen atoms in total. The van der Waals surface area contributed by atoms with Gasteiger partial charge in [0.25, 0.3) is 0 Å². The van der Waals surface area contributed by atoms with Crippen LogP contribution in [-0.4, -0.2) is 29.4 Å². The van der Waals surface area contributed by atoms with Crippen LogP contribution in [0.4, 0.5) is 0 Å². The van der Waals surface area contributed by atoms with E-state index in [1.165, 1.54) is 19.2 Å². The van der Waals surface area contributed by atoms with Gasteiger partial charge in [0.1, 0.15) is 0 Å². The van der Waals surface area contributed by atoms with E-state index in [1.807, 2.05) is 0 Å². The zero-order valence-electron chi connectivity index (χ0n) is 10.3. The van der Waals surface area contributed by atoms with Crippen molar-refractivity contribution in [1.29, 1.82) is 0 Å². The number of carbonyl (C=O) groups is 1. The molecule has 0 spiro atoms. The van der Waals surface area contributed by atoms with Crippen molar-refractivity contribution >= 4 is 17.6 Å². The van der Waals surface area contributed by atoms with Gasteiger partial charge in [0.05, 0.1) is 13.2 Å². The number of ether oxygens (including phenoxy) is 2. The second-order valence-electron chi connectivity index (χ2n) is 3.93. The molecule has 100 valence electrons. The Labute approximate surface area is 110 Å². The first kappa shape index (κ1) is 14.6. The molecule has 2 N–H and O–H groups in total. The summed E-state index contributed by atoms with van der Waals surface area (Å²) in [6, 6.07) is 2.85. The van der Waals surface area contributed by atoms with Crippen LogP contribution in [0.15, 0.2) is 12.1 Å². The van der Waals surface area contributed by atoms with E-state index in [4.69, 9.17) is 26.2 Å². The summed E-state index contributed by atoms with van der Waals surface area (Å²) in [5, 5.41) is 18.8. The molecule has 6 heteroatoms. The van der Waals surface area contributed by atoms with Crippen LogP contribution in [0.2, 0.25) is 5.02 Å². The van der Waals surface area contributed by atoms with Gasteiger partial charge in [0, 0.05) is 16.7 Å². The van der Waals surface area contributed by atoms with Crippen LogP contribution in [0.25, 0.3) is 0 Å². The maximum Gasteiger partial charge on any atom is 0.337 e. The normalized spacial score (nSPS) is 12.3. The Morgan fingerprint density at radius 3 is 2.44 bits per heavy atom. The molecule has 0 aliphatic rings. The van der Waals surface area contributed by atoms with Crippen LogP contribution in [0.5, 0.6) is 11.5 Å². The van der Waals surface area contributed by atoms with E-state index in [-0.39, 0.29) is 28.2 Å². The van der Waals surface area contributed by atoms with Crippen molar-refractivity contribution in [3.05, 3.63) is 22.7 Å². The van der Waals surface area contributed by atoms with Gasteiger partial charge in [-0.05, 0) is 19.9 Å². The predicted molar refractivity (Wildman–Crippen MR) is 66.4 cm³/mol. The Kier molecular flexibility index (Phi) is 4.81. The molecule has 0 saturated carbocycles. The minimum atomic E-state index is -1.72. The Balaban J connectivity index is 3.36. The number of benzene rings is 1. The highest BCUT2D eigenvalue weighted by atomic mass is 35.5. The van der Waals surface area contributed by atoms with E-state index in [2.05, 4.69) is 0 Å². The number of methoxy groups -OCH3 is 1. The van der Waals surface area contributed by atoms with Crippen molar-refractivity contribution in [3.63, 3.8) is 0 Å². The Morgan fingerprint density at radius 2 is 2.00 bits per heavy atom. The monoisotopic (exact) mass is 274 g/mol. The highest BCUT2D eigenvalue weighted by Crippen LogP contribution is 2.38. The van der Waals surface area contributed by atoms with Crippen LogP contribution in [-0.2, 0) is 4.79 Å². The first-order chi connectivity index (χ1) is 8.36. The topological polar surface area (TPSA) is 76.0 Å². The van der Waals surface area contributed by atoms with Crippen LogP contribution in [0, 0.1) is 0 Å². The zero-order chi connectivity index (χ0) is 13.9. The lowest BCUT2D eigenvalue weighted by Crippen LogP contribution is -2.15. The Morgan fingerprint density at radius 1 is 1.39 bits per heavy atom. The average molecular weight is 275 g/mol. The molecule has 0 bridgehead atoms. The number of aliphatic hydroxyl groups is 1. The van der Waals surface area contributed by atoms with Gasteiger partial charge in [-0.2, -0.15) is 0 Å². The second-order valence-corrected chi connectivity index (χ2v) is 4.37. The van der Waals surface area contributed by atoms with Crippen LogP contribution >= 0.6 is 11.6 Å². The lowest BCUT2D eigenvalue weighted by molar-refractivity contribution is -0.147. The van der Waals surface area contributed by atoms with Gasteiger partial charge in [-0.1, -0.05) is 11.6 Å². The molecule has 1 aromatic rings. The van der Waals surface area contributed by atoms with Crippen LogP contribution in [0.1, 0.15) is 25.5 Å². The number of halogens is 1. The summed E-state index contributed by atoms with van der Waals surface area (Å²) in [6.45, 7) is 3.57. The van der Waals surface area contributed by atoms with Gasteiger partial charge >= 0.3 is 5.97 Å². The summed E-state index contributed by atoms with van der Waals surface area (Å²) in [4.78, 5) is 10.9. The first-order valence-corrected chi connectivity index (χ1v) is 5.69. The minimum absolute atomic E-state index is 0.0700. The van der Waals surface area contributed by atoms with Gasteiger partial charge in [0.15, 0.2) is 17.6 Å². The number of aliphatic carboxylic acids is 1. The number of hydrogen-bond acceptors (Lipinski definition) is 4. The molecule has 1 aromatic carbocycles. The molecule has 0 fully saturated rings. The lowest BCUT2D eigenvalue weighted by atomic mass is 10.1. The largest absolute Gasteiger partial charge is 0.493 e. The summed E-state index contributed by atoms with van der Waals surface area (Å²) >= 11 is 5.85. The van der Waals surface area contributed by atoms with Gasteiger partial charge in [-0.15, -0.1) is 0 Å². The third-order valence-electron chi connectivity index (χ3n) is 2.15. The maximum atomic E-state index is 10.9. The molecule has 0 saturated heterocycles. The molecule has 18 heavy (non-hydrogen) atoms. The first-order valence-electron chi connectivity index (χ1n) is 5.31. The van der Waals surface area contributed by atoms with E-state index in [9.17, 15) is 9.90 Å². The van der Waals surface area contributed by atoms with Crippen molar-refractivity contribution < 1.29 is 24.5 Å². The minimum Gasteiger partial charge on any atom is -0.493 e. The van der Waals surface area contributed by atoms with E-state index in [0.29, 0.717) is 0 Å². The number of aliphatic hydroxyl groups excluding tert-OH is 1. The van der Waals surface area contributed by atoms with Gasteiger partial charge in [0.2, 0.25) is 0 Å². The summed E-state index contributed by atoms with van der Waals surface area (Å²) in [7, 11) is 1.41. The van der Waals surface area contributed by atoms with Crippen LogP contribution < -0.4 is 9.47 Å². The lowest BCUT2D eigenvalue weighted by Gasteiger charge is -2.19. The Hall–Kier alpha value is -1.46. The second kappa shape index (κ2) is 5.93. The molecule has 0 aliphatic carbocycles. The standard InChI is InChI=1S/C12H15ClO5/c1-6(2)18-11-8(10(14)12(15)16)4-7(13)5-9(11)17-3/h4-6,10,14H,1-3H3,(H,15,16). The molecule has 0 heterocycles. The van der Waals surface area contributed by atoms with Crippen LogP contribution in [0.3, 0.4) is 0 Å². The van der Waals surface area contributed by atoms with Gasteiger partial charge in [-0.25, -0.2) is 4.79 Å². The smallest absolute Gasteiger partial charge is 0.337 e. The summed E-state index contributed by atoms with van der Waals surface area (Å²) in [5.41, 5.74) is 0.0700. The fourth-order valence-electron chi connectivity index (χ4n) is 1.44. The van der Waals surface area contributed by atoms with E-state index in [0.717, 1.165) is 0 Å². The highest BCUT2D eigenvalue weighted by molar-refractivity contribution is 6.30. The summed E-state index contributed by atoms with van der Waals surface area (Å²) < 4.78 is 10.6. The third-order valence-corrected chi connectivity index (χ3v) is 2.37. The predicted octanol–water partition coefficient (Wildman–Crippen LogP) is 2.25. The number of carboxylic acids is 1.